The van der Waals surface area contributed by atoms with E-state index in [0.29, 0.717) is 30.4 Å². The van der Waals surface area contributed by atoms with Gasteiger partial charge in [-0.1, -0.05) is 37.6 Å². The molecule has 1 amide bonds. The van der Waals surface area contributed by atoms with Crippen molar-refractivity contribution >= 4 is 5.91 Å². The molecule has 1 aromatic carbocycles. The van der Waals surface area contributed by atoms with Crippen LogP contribution in [0.1, 0.15) is 43.7 Å². The van der Waals surface area contributed by atoms with Crippen molar-refractivity contribution in [3.63, 3.8) is 0 Å². The van der Waals surface area contributed by atoms with Crippen molar-refractivity contribution in [1.29, 1.82) is 0 Å². The highest BCUT2D eigenvalue weighted by atomic mass is 16.5. The molecule has 24 heavy (non-hydrogen) atoms. The van der Waals surface area contributed by atoms with Gasteiger partial charge in [0.25, 0.3) is 0 Å². The third-order valence-corrected chi connectivity index (χ3v) is 5.40. The molecular weight excluding hydrogens is 300 g/mol. The van der Waals surface area contributed by atoms with Gasteiger partial charge in [0.2, 0.25) is 5.91 Å². The molecule has 0 spiro atoms. The zero-order chi connectivity index (χ0) is 16.9. The number of nitrogens with zero attached hydrogens (tertiary/aromatic N) is 1. The van der Waals surface area contributed by atoms with E-state index in [1.54, 1.807) is 7.11 Å². The monoisotopic (exact) mass is 330 g/mol. The van der Waals surface area contributed by atoms with Gasteiger partial charge in [-0.05, 0) is 36.3 Å². The lowest BCUT2D eigenvalue weighted by Crippen LogP contribution is -2.51. The minimum Gasteiger partial charge on any atom is -0.380 e. The van der Waals surface area contributed by atoms with Gasteiger partial charge in [0.15, 0.2) is 0 Å². The highest BCUT2D eigenvalue weighted by molar-refractivity contribution is 5.81. The molecule has 2 atom stereocenters. The highest BCUT2D eigenvalue weighted by Crippen LogP contribution is 2.33. The van der Waals surface area contributed by atoms with Crippen LogP contribution in [0.2, 0.25) is 0 Å². The van der Waals surface area contributed by atoms with E-state index in [1.807, 2.05) is 0 Å². The lowest BCUT2D eigenvalue weighted by molar-refractivity contribution is -0.134. The number of piperidine rings is 1. The molecule has 1 aliphatic heterocycles. The predicted molar refractivity (Wildman–Crippen MR) is 95.5 cm³/mol. The van der Waals surface area contributed by atoms with Crippen LogP contribution in [0.3, 0.4) is 0 Å². The van der Waals surface area contributed by atoms with Crippen LogP contribution in [0.5, 0.6) is 0 Å². The molecule has 0 unspecified atom stereocenters. The summed E-state index contributed by atoms with van der Waals surface area (Å²) >= 11 is 0. The van der Waals surface area contributed by atoms with Gasteiger partial charge in [0, 0.05) is 38.7 Å². The van der Waals surface area contributed by atoms with Gasteiger partial charge < -0.3 is 15.0 Å². The summed E-state index contributed by atoms with van der Waals surface area (Å²) in [4.78, 5) is 14.4. The van der Waals surface area contributed by atoms with Crippen LogP contribution in [0.4, 0.5) is 0 Å². The molecular formula is C20H30N2O2. The molecule has 132 valence electrons. The molecule has 0 radical (unpaired) electrons. The minimum atomic E-state index is 0.345. The molecule has 1 aliphatic carbocycles. The van der Waals surface area contributed by atoms with Gasteiger partial charge >= 0.3 is 0 Å². The van der Waals surface area contributed by atoms with Crippen molar-refractivity contribution in [1.82, 2.24) is 10.2 Å². The van der Waals surface area contributed by atoms with Gasteiger partial charge in [0.05, 0.1) is 6.61 Å². The SMILES string of the molecule is CC[C@@H]1CN(C(=O)C2CC2)CC[C@H]1NCc1ccc(COC)cc1. The number of rotatable bonds is 7. The third-order valence-electron chi connectivity index (χ3n) is 5.40. The van der Waals surface area contributed by atoms with Crippen LogP contribution in [-0.4, -0.2) is 37.0 Å². The number of nitrogens with one attached hydrogen (secondary N) is 1. The van der Waals surface area contributed by atoms with Gasteiger partial charge in [0.1, 0.15) is 0 Å². The first kappa shape index (κ1) is 17.4. The fourth-order valence-corrected chi connectivity index (χ4v) is 3.67. The number of likely N-dealkylation sites (tertiary alicyclic amines) is 1. The molecule has 2 aliphatic rings. The van der Waals surface area contributed by atoms with Gasteiger partial charge in [-0.2, -0.15) is 0 Å². The zero-order valence-electron chi connectivity index (χ0n) is 15.0. The van der Waals surface area contributed by atoms with E-state index < -0.39 is 0 Å². The topological polar surface area (TPSA) is 41.6 Å². The van der Waals surface area contributed by atoms with Crippen molar-refractivity contribution in [2.75, 3.05) is 20.2 Å². The Hall–Kier alpha value is -1.39. The summed E-state index contributed by atoms with van der Waals surface area (Å²) in [6.45, 7) is 5.64. The number of ether oxygens (including phenoxy) is 1. The van der Waals surface area contributed by atoms with Crippen LogP contribution >= 0.6 is 0 Å². The molecule has 1 aromatic rings. The second kappa shape index (κ2) is 8.13. The molecule has 1 heterocycles. The molecule has 2 fully saturated rings. The Balaban J connectivity index is 1.50. The predicted octanol–water partition coefficient (Wildman–Crippen LogP) is 2.96. The molecule has 0 bridgehead atoms. The summed E-state index contributed by atoms with van der Waals surface area (Å²) in [6.07, 6.45) is 4.40. The molecule has 0 aromatic heterocycles. The van der Waals surface area contributed by atoms with Crippen molar-refractivity contribution in [3.05, 3.63) is 35.4 Å². The number of hydrogen-bond donors (Lipinski definition) is 1. The normalized spacial score (nSPS) is 24.2. The van der Waals surface area contributed by atoms with Crippen molar-refractivity contribution in [2.24, 2.45) is 11.8 Å². The third kappa shape index (κ3) is 4.37. The maximum atomic E-state index is 12.3. The summed E-state index contributed by atoms with van der Waals surface area (Å²) < 4.78 is 5.15. The number of benzene rings is 1. The largest absolute Gasteiger partial charge is 0.380 e. The van der Waals surface area contributed by atoms with Gasteiger partial charge in [-0.3, -0.25) is 4.79 Å². The summed E-state index contributed by atoms with van der Waals surface area (Å²) in [5, 5.41) is 3.73. The maximum Gasteiger partial charge on any atom is 0.225 e. The van der Waals surface area contributed by atoms with Crippen LogP contribution < -0.4 is 5.32 Å². The number of carbonyl (C=O) groups excluding carboxylic acids is 1. The zero-order valence-corrected chi connectivity index (χ0v) is 15.0. The Morgan fingerprint density at radius 2 is 1.92 bits per heavy atom. The van der Waals surface area contributed by atoms with E-state index in [2.05, 4.69) is 41.4 Å². The van der Waals surface area contributed by atoms with E-state index in [-0.39, 0.29) is 0 Å². The van der Waals surface area contributed by atoms with E-state index in [1.165, 1.54) is 11.1 Å². The standard InChI is InChI=1S/C20H30N2O2/c1-3-17-13-22(20(23)18-8-9-18)11-10-19(17)21-12-15-4-6-16(7-5-15)14-24-2/h4-7,17-19,21H,3,8-14H2,1-2H3/t17-,19-/m1/s1. The molecule has 4 heteroatoms. The summed E-state index contributed by atoms with van der Waals surface area (Å²) in [7, 11) is 1.72. The number of carbonyl (C=O) groups is 1. The van der Waals surface area contributed by atoms with Crippen molar-refractivity contribution < 1.29 is 9.53 Å². The Labute approximate surface area is 145 Å². The highest BCUT2D eigenvalue weighted by Gasteiger charge is 2.37. The van der Waals surface area contributed by atoms with Crippen molar-refractivity contribution in [2.45, 2.75) is 51.8 Å². The summed E-state index contributed by atoms with van der Waals surface area (Å²) in [6, 6.07) is 9.13. The van der Waals surface area contributed by atoms with E-state index in [0.717, 1.165) is 45.3 Å². The lowest BCUT2D eigenvalue weighted by Gasteiger charge is -2.39. The Kier molecular flexibility index (Phi) is 5.90. The van der Waals surface area contributed by atoms with Crippen LogP contribution in [0.25, 0.3) is 0 Å². The first-order valence-corrected chi connectivity index (χ1v) is 9.30. The summed E-state index contributed by atoms with van der Waals surface area (Å²) in [5.41, 5.74) is 2.51. The molecule has 1 saturated carbocycles. The number of methoxy groups -OCH3 is 1. The second-order valence-corrected chi connectivity index (χ2v) is 7.25. The fourth-order valence-electron chi connectivity index (χ4n) is 3.67. The molecule has 4 nitrogen and oxygen atoms in total. The minimum absolute atomic E-state index is 0.345. The second-order valence-electron chi connectivity index (χ2n) is 7.25. The van der Waals surface area contributed by atoms with E-state index in [9.17, 15) is 4.79 Å². The average molecular weight is 330 g/mol. The van der Waals surface area contributed by atoms with E-state index in [4.69, 9.17) is 4.74 Å². The molecule has 3 rings (SSSR count). The maximum absolute atomic E-state index is 12.3. The van der Waals surface area contributed by atoms with Crippen molar-refractivity contribution in [3.8, 4) is 0 Å². The first-order chi connectivity index (χ1) is 11.7. The smallest absolute Gasteiger partial charge is 0.225 e. The lowest BCUT2D eigenvalue weighted by atomic mass is 9.89. The fraction of sp³-hybridized carbons (Fsp3) is 0.650. The number of amides is 1. The van der Waals surface area contributed by atoms with E-state index >= 15 is 0 Å². The van der Waals surface area contributed by atoms with Gasteiger partial charge in [-0.25, -0.2) is 0 Å². The first-order valence-electron chi connectivity index (χ1n) is 9.30. The van der Waals surface area contributed by atoms with Crippen LogP contribution in [0, 0.1) is 11.8 Å². The Morgan fingerprint density at radius 3 is 2.54 bits per heavy atom. The van der Waals surface area contributed by atoms with Crippen LogP contribution in [0.15, 0.2) is 24.3 Å². The Bertz CT molecular complexity index is 539. The van der Waals surface area contributed by atoms with Gasteiger partial charge in [-0.15, -0.1) is 0 Å². The average Bonchev–Trinajstić information content (AvgIpc) is 3.46. The quantitative estimate of drug-likeness (QED) is 0.836. The molecule has 1 saturated heterocycles. The number of hydrogen-bond acceptors (Lipinski definition) is 3. The Morgan fingerprint density at radius 1 is 1.21 bits per heavy atom. The summed E-state index contributed by atoms with van der Waals surface area (Å²) in [5.74, 6) is 1.31. The molecule has 1 N–H and O–H groups in total. The van der Waals surface area contributed by atoms with Crippen LogP contribution in [-0.2, 0) is 22.7 Å².